The second-order valence-electron chi connectivity index (χ2n) is 16.5. The molecule has 2 heteroatoms. The fraction of sp³-hybridized carbons (Fsp3) is 0. The maximum atomic E-state index is 2.43. The highest BCUT2D eigenvalue weighted by molar-refractivity contribution is 6.11. The van der Waals surface area contributed by atoms with E-state index in [1.165, 1.54) is 82.3 Å². The molecule has 0 saturated carbocycles. The van der Waals surface area contributed by atoms with Crippen LogP contribution in [-0.4, -0.2) is 4.57 Å². The lowest BCUT2D eigenvalue weighted by atomic mass is 9.88. The summed E-state index contributed by atoms with van der Waals surface area (Å²) in [6, 6.07) is 92.7. The van der Waals surface area contributed by atoms with Gasteiger partial charge in [0.05, 0.1) is 16.7 Å². The van der Waals surface area contributed by atoms with Crippen LogP contribution in [0.5, 0.6) is 0 Å². The number of para-hydroxylation sites is 3. The molecule has 0 unspecified atom stereocenters. The maximum absolute atomic E-state index is 2.43. The zero-order chi connectivity index (χ0) is 42.4. The molecule has 64 heavy (non-hydrogen) atoms. The van der Waals surface area contributed by atoms with Crippen LogP contribution < -0.4 is 4.90 Å². The van der Waals surface area contributed by atoms with Gasteiger partial charge in [-0.25, -0.2) is 0 Å². The highest BCUT2D eigenvalue weighted by atomic mass is 15.1. The van der Waals surface area contributed by atoms with Gasteiger partial charge in [-0.2, -0.15) is 0 Å². The molecule has 0 aliphatic rings. The first-order valence-electron chi connectivity index (χ1n) is 22.0. The van der Waals surface area contributed by atoms with Crippen LogP contribution in [0.15, 0.2) is 255 Å². The molecule has 300 valence electrons. The van der Waals surface area contributed by atoms with Crippen molar-refractivity contribution in [1.82, 2.24) is 4.57 Å². The van der Waals surface area contributed by atoms with Gasteiger partial charge >= 0.3 is 0 Å². The van der Waals surface area contributed by atoms with E-state index in [0.29, 0.717) is 0 Å². The Morgan fingerprint density at radius 2 is 0.797 bits per heavy atom. The third-order valence-electron chi connectivity index (χ3n) is 12.8. The predicted octanol–water partition coefficient (Wildman–Crippen LogP) is 17.2. The van der Waals surface area contributed by atoms with Crippen LogP contribution in [0, 0.1) is 0 Å². The normalized spacial score (nSPS) is 11.4. The van der Waals surface area contributed by atoms with E-state index < -0.39 is 0 Å². The van der Waals surface area contributed by atoms with Crippen LogP contribution in [-0.2, 0) is 0 Å². The molecule has 2 nitrogen and oxygen atoms in total. The minimum absolute atomic E-state index is 1.08. The van der Waals surface area contributed by atoms with Crippen molar-refractivity contribution < 1.29 is 0 Å². The summed E-state index contributed by atoms with van der Waals surface area (Å²) in [4.78, 5) is 2.43. The summed E-state index contributed by atoms with van der Waals surface area (Å²) in [5.41, 5.74) is 16.4. The molecule has 0 amide bonds. The number of hydrogen-bond donors (Lipinski definition) is 0. The molecular weight excluding hydrogens is 773 g/mol. The van der Waals surface area contributed by atoms with Gasteiger partial charge in [0.1, 0.15) is 0 Å². The minimum Gasteiger partial charge on any atom is -0.310 e. The van der Waals surface area contributed by atoms with Crippen LogP contribution in [0.25, 0.3) is 93.5 Å². The average Bonchev–Trinajstić information content (AvgIpc) is 3.71. The Balaban J connectivity index is 1.01. The molecule has 0 N–H and O–H groups in total. The molecule has 0 aliphatic heterocycles. The number of benzene rings is 11. The Labute approximate surface area is 373 Å². The Kier molecular flexibility index (Phi) is 9.20. The van der Waals surface area contributed by atoms with Gasteiger partial charge in [0, 0.05) is 33.4 Å². The number of hydrogen-bond acceptors (Lipinski definition) is 1. The SMILES string of the molecule is c1ccc(-c2ccccc2-c2ccccc2-c2ccccc2N(c2ccc(-c3ccc4c(c3)c3ccccc3n4-c3ccccc3)cc2)c2ccc3c(ccc4ccccc43)c2)cc1. The summed E-state index contributed by atoms with van der Waals surface area (Å²) in [5.74, 6) is 0. The summed E-state index contributed by atoms with van der Waals surface area (Å²) in [5, 5.41) is 7.45. The minimum atomic E-state index is 1.08. The molecule has 0 radical (unpaired) electrons. The smallest absolute Gasteiger partial charge is 0.0541 e. The lowest BCUT2D eigenvalue weighted by molar-refractivity contribution is 1.18. The van der Waals surface area contributed by atoms with Crippen molar-refractivity contribution >= 4 is 60.4 Å². The first-order valence-corrected chi connectivity index (χ1v) is 22.0. The van der Waals surface area contributed by atoms with E-state index in [0.717, 1.165) is 28.3 Å². The van der Waals surface area contributed by atoms with Gasteiger partial charge in [-0.05, 0) is 121 Å². The second kappa shape index (κ2) is 15.8. The van der Waals surface area contributed by atoms with Crippen LogP contribution >= 0.6 is 0 Å². The zero-order valence-electron chi connectivity index (χ0n) is 35.1. The van der Waals surface area contributed by atoms with E-state index in [1.807, 2.05) is 0 Å². The molecule has 0 bridgehead atoms. The lowest BCUT2D eigenvalue weighted by Crippen LogP contribution is -2.11. The first kappa shape index (κ1) is 37.3. The van der Waals surface area contributed by atoms with Gasteiger partial charge in [0.15, 0.2) is 0 Å². The zero-order valence-corrected chi connectivity index (χ0v) is 35.1. The van der Waals surface area contributed by atoms with Crippen molar-refractivity contribution in [3.63, 3.8) is 0 Å². The topological polar surface area (TPSA) is 8.17 Å². The molecule has 0 saturated heterocycles. The molecular formula is C62H42N2. The quantitative estimate of drug-likeness (QED) is 0.139. The third-order valence-corrected chi connectivity index (χ3v) is 12.8. The third kappa shape index (κ3) is 6.44. The number of nitrogens with zero attached hydrogens (tertiary/aromatic N) is 2. The first-order chi connectivity index (χ1) is 31.8. The van der Waals surface area contributed by atoms with Crippen molar-refractivity contribution in [2.75, 3.05) is 4.90 Å². The summed E-state index contributed by atoms with van der Waals surface area (Å²) in [7, 11) is 0. The van der Waals surface area contributed by atoms with E-state index in [4.69, 9.17) is 0 Å². The van der Waals surface area contributed by atoms with Gasteiger partial charge < -0.3 is 9.47 Å². The number of fused-ring (bicyclic) bond motifs is 6. The van der Waals surface area contributed by atoms with Crippen molar-refractivity contribution in [2.24, 2.45) is 0 Å². The average molecular weight is 815 g/mol. The molecule has 12 aromatic rings. The van der Waals surface area contributed by atoms with Gasteiger partial charge in [-0.3, -0.25) is 0 Å². The second-order valence-corrected chi connectivity index (χ2v) is 16.5. The van der Waals surface area contributed by atoms with Crippen LogP contribution in [0.2, 0.25) is 0 Å². The van der Waals surface area contributed by atoms with E-state index in [1.54, 1.807) is 0 Å². The molecule has 0 fully saturated rings. The molecule has 12 rings (SSSR count). The largest absolute Gasteiger partial charge is 0.310 e. The number of aromatic nitrogens is 1. The molecule has 0 spiro atoms. The Bertz CT molecular complexity index is 3660. The lowest BCUT2D eigenvalue weighted by Gasteiger charge is -2.29. The van der Waals surface area contributed by atoms with E-state index in [-0.39, 0.29) is 0 Å². The molecule has 0 atom stereocenters. The Morgan fingerprint density at radius 1 is 0.266 bits per heavy atom. The van der Waals surface area contributed by atoms with Crippen molar-refractivity contribution in [3.8, 4) is 50.2 Å². The number of anilines is 3. The predicted molar refractivity (Wildman–Crippen MR) is 272 cm³/mol. The Hall–Kier alpha value is -8.46. The fourth-order valence-electron chi connectivity index (χ4n) is 9.81. The molecule has 0 aliphatic carbocycles. The fourth-order valence-corrected chi connectivity index (χ4v) is 9.81. The Morgan fingerprint density at radius 3 is 1.58 bits per heavy atom. The van der Waals surface area contributed by atoms with Gasteiger partial charge in [-0.15, -0.1) is 0 Å². The van der Waals surface area contributed by atoms with Crippen molar-refractivity contribution in [1.29, 1.82) is 0 Å². The van der Waals surface area contributed by atoms with Gasteiger partial charge in [-0.1, -0.05) is 194 Å². The highest BCUT2D eigenvalue weighted by Crippen LogP contribution is 2.46. The molecule has 1 heterocycles. The van der Waals surface area contributed by atoms with E-state index in [9.17, 15) is 0 Å². The molecule has 1 aromatic heterocycles. The van der Waals surface area contributed by atoms with E-state index in [2.05, 4.69) is 264 Å². The highest BCUT2D eigenvalue weighted by Gasteiger charge is 2.21. The summed E-state index contributed by atoms with van der Waals surface area (Å²) in [6.45, 7) is 0. The summed E-state index contributed by atoms with van der Waals surface area (Å²) < 4.78 is 2.37. The summed E-state index contributed by atoms with van der Waals surface area (Å²) in [6.07, 6.45) is 0. The monoisotopic (exact) mass is 814 g/mol. The standard InChI is InChI=1S/C62H42N2/c1-3-17-44(18-4-1)52-23-9-10-24-54(52)55-25-11-12-26-56(55)57-27-13-15-29-60(57)63(50-38-39-53-47(41-50)32-31-45-19-7-8-22-51(45)53)49-36-33-43(34-37-49)46-35-40-62-59(42-46)58-28-14-16-30-61(58)64(62)48-20-5-2-6-21-48/h1-42H. The maximum Gasteiger partial charge on any atom is 0.0541 e. The van der Waals surface area contributed by atoms with Gasteiger partial charge in [0.25, 0.3) is 0 Å². The van der Waals surface area contributed by atoms with Crippen LogP contribution in [0.1, 0.15) is 0 Å². The molecule has 11 aromatic carbocycles. The van der Waals surface area contributed by atoms with Crippen molar-refractivity contribution in [3.05, 3.63) is 255 Å². The number of rotatable bonds is 8. The van der Waals surface area contributed by atoms with E-state index >= 15 is 0 Å². The summed E-state index contributed by atoms with van der Waals surface area (Å²) >= 11 is 0. The van der Waals surface area contributed by atoms with Crippen molar-refractivity contribution in [2.45, 2.75) is 0 Å². The van der Waals surface area contributed by atoms with Gasteiger partial charge in [0.2, 0.25) is 0 Å². The van der Waals surface area contributed by atoms with Crippen LogP contribution in [0.3, 0.4) is 0 Å². The van der Waals surface area contributed by atoms with Crippen LogP contribution in [0.4, 0.5) is 17.1 Å².